The first-order chi connectivity index (χ1) is 5.83. The number of piperidine rings is 1. The third-order valence-corrected chi connectivity index (χ3v) is 3.19. The second-order valence-corrected chi connectivity index (χ2v) is 4.14. The Labute approximate surface area is 77.2 Å². The van der Waals surface area contributed by atoms with Gasteiger partial charge in [0.2, 0.25) is 0 Å². The maximum atomic E-state index is 10.8. The van der Waals surface area contributed by atoms with Gasteiger partial charge in [0.1, 0.15) is 0 Å². The molecule has 0 aliphatic carbocycles. The van der Waals surface area contributed by atoms with Crippen LogP contribution < -0.4 is 5.32 Å². The molecule has 0 saturated carbocycles. The lowest BCUT2D eigenvalue weighted by Crippen LogP contribution is -2.32. The summed E-state index contributed by atoms with van der Waals surface area (Å²) < 4.78 is 4.56. The Morgan fingerprint density at radius 3 is 3.17 bits per heavy atom. The Morgan fingerprint density at radius 1 is 1.75 bits per heavy atom. The number of methoxy groups -OCH3 is 1. The van der Waals surface area contributed by atoms with Crippen molar-refractivity contribution < 1.29 is 9.53 Å². The first-order valence-electron chi connectivity index (χ1n) is 4.22. The molecule has 0 amide bonds. The molecular formula is C8H15NO2S. The largest absolute Gasteiger partial charge is 0.468 e. The van der Waals surface area contributed by atoms with E-state index in [4.69, 9.17) is 0 Å². The zero-order chi connectivity index (χ0) is 8.81. The quantitative estimate of drug-likeness (QED) is 0.661. The molecule has 3 nitrogen and oxygen atoms in total. The SMILES string of the molecule is COC(=O)CSC1CCCNC1. The van der Waals surface area contributed by atoms with Crippen molar-refractivity contribution in [1.82, 2.24) is 5.32 Å². The maximum Gasteiger partial charge on any atom is 0.315 e. The predicted octanol–water partition coefficient (Wildman–Crippen LogP) is 0.645. The van der Waals surface area contributed by atoms with E-state index in [1.54, 1.807) is 11.8 Å². The predicted molar refractivity (Wildman–Crippen MR) is 50.4 cm³/mol. The second-order valence-electron chi connectivity index (χ2n) is 2.86. The molecule has 1 aliphatic rings. The van der Waals surface area contributed by atoms with E-state index in [0.717, 1.165) is 13.1 Å². The number of ether oxygens (including phenoxy) is 1. The molecule has 1 N–H and O–H groups in total. The summed E-state index contributed by atoms with van der Waals surface area (Å²) in [6, 6.07) is 0. The molecule has 1 saturated heterocycles. The van der Waals surface area contributed by atoms with Gasteiger partial charge in [-0.1, -0.05) is 0 Å². The Morgan fingerprint density at radius 2 is 2.58 bits per heavy atom. The van der Waals surface area contributed by atoms with Gasteiger partial charge in [-0.2, -0.15) is 0 Å². The van der Waals surface area contributed by atoms with E-state index in [2.05, 4.69) is 10.1 Å². The van der Waals surface area contributed by atoms with Crippen molar-refractivity contribution in [3.8, 4) is 0 Å². The molecule has 1 heterocycles. The number of hydrogen-bond acceptors (Lipinski definition) is 4. The molecule has 0 aromatic heterocycles. The zero-order valence-electron chi connectivity index (χ0n) is 7.34. The molecule has 0 aromatic carbocycles. The highest BCUT2D eigenvalue weighted by Gasteiger charge is 2.14. The van der Waals surface area contributed by atoms with Crippen molar-refractivity contribution in [2.45, 2.75) is 18.1 Å². The standard InChI is InChI=1S/C8H15NO2S/c1-11-8(10)6-12-7-3-2-4-9-5-7/h7,9H,2-6H2,1H3. The summed E-state index contributed by atoms with van der Waals surface area (Å²) in [5.41, 5.74) is 0. The van der Waals surface area contributed by atoms with Crippen LogP contribution in [0, 0.1) is 0 Å². The lowest BCUT2D eigenvalue weighted by Gasteiger charge is -2.21. The van der Waals surface area contributed by atoms with Crippen LogP contribution in [0.3, 0.4) is 0 Å². The minimum absolute atomic E-state index is 0.120. The fourth-order valence-electron chi connectivity index (χ4n) is 1.21. The van der Waals surface area contributed by atoms with Crippen LogP contribution in [-0.2, 0) is 9.53 Å². The summed E-state index contributed by atoms with van der Waals surface area (Å²) in [6.45, 7) is 2.15. The second kappa shape index (κ2) is 5.43. The number of rotatable bonds is 3. The van der Waals surface area contributed by atoms with Crippen LogP contribution in [0.4, 0.5) is 0 Å². The smallest absolute Gasteiger partial charge is 0.315 e. The highest BCUT2D eigenvalue weighted by atomic mass is 32.2. The molecular weight excluding hydrogens is 174 g/mol. The van der Waals surface area contributed by atoms with Crippen LogP contribution in [0.15, 0.2) is 0 Å². The van der Waals surface area contributed by atoms with E-state index < -0.39 is 0 Å². The zero-order valence-corrected chi connectivity index (χ0v) is 8.15. The third-order valence-electron chi connectivity index (χ3n) is 1.92. The van der Waals surface area contributed by atoms with Crippen molar-refractivity contribution in [3.63, 3.8) is 0 Å². The fourth-order valence-corrected chi connectivity index (χ4v) is 2.27. The highest BCUT2D eigenvalue weighted by molar-refractivity contribution is 8.00. The average molecular weight is 189 g/mol. The van der Waals surface area contributed by atoms with Gasteiger partial charge in [0, 0.05) is 11.8 Å². The van der Waals surface area contributed by atoms with Crippen LogP contribution in [0.25, 0.3) is 0 Å². The van der Waals surface area contributed by atoms with Crippen LogP contribution in [0.2, 0.25) is 0 Å². The summed E-state index contributed by atoms with van der Waals surface area (Å²) in [4.78, 5) is 10.8. The van der Waals surface area contributed by atoms with E-state index in [0.29, 0.717) is 11.0 Å². The van der Waals surface area contributed by atoms with Crippen LogP contribution in [0.5, 0.6) is 0 Å². The molecule has 70 valence electrons. The Balaban J connectivity index is 2.09. The van der Waals surface area contributed by atoms with Crippen molar-refractivity contribution in [2.24, 2.45) is 0 Å². The topological polar surface area (TPSA) is 38.3 Å². The molecule has 4 heteroatoms. The number of carbonyl (C=O) groups is 1. The van der Waals surface area contributed by atoms with Crippen molar-refractivity contribution in [1.29, 1.82) is 0 Å². The van der Waals surface area contributed by atoms with Gasteiger partial charge in [-0.15, -0.1) is 11.8 Å². The van der Waals surface area contributed by atoms with E-state index in [1.165, 1.54) is 20.0 Å². The third kappa shape index (κ3) is 3.45. The number of thioether (sulfide) groups is 1. The molecule has 0 radical (unpaired) electrons. The van der Waals surface area contributed by atoms with Gasteiger partial charge in [0.15, 0.2) is 0 Å². The number of hydrogen-bond donors (Lipinski definition) is 1. The lowest BCUT2D eigenvalue weighted by atomic mass is 10.2. The highest BCUT2D eigenvalue weighted by Crippen LogP contribution is 2.18. The minimum Gasteiger partial charge on any atom is -0.468 e. The minimum atomic E-state index is -0.120. The summed E-state index contributed by atoms with van der Waals surface area (Å²) in [5.74, 6) is 0.369. The van der Waals surface area contributed by atoms with Gasteiger partial charge >= 0.3 is 5.97 Å². The normalized spacial score (nSPS) is 23.6. The Kier molecular flexibility index (Phi) is 4.46. The van der Waals surface area contributed by atoms with Crippen LogP contribution in [-0.4, -0.2) is 37.2 Å². The van der Waals surface area contributed by atoms with Gasteiger partial charge in [0.25, 0.3) is 0 Å². The van der Waals surface area contributed by atoms with Crippen LogP contribution >= 0.6 is 11.8 Å². The molecule has 0 aromatic rings. The summed E-state index contributed by atoms with van der Waals surface area (Å²) >= 11 is 1.69. The van der Waals surface area contributed by atoms with E-state index in [1.807, 2.05) is 0 Å². The number of esters is 1. The molecule has 1 fully saturated rings. The van der Waals surface area contributed by atoms with Crippen molar-refractivity contribution in [2.75, 3.05) is 26.0 Å². The monoisotopic (exact) mass is 189 g/mol. The van der Waals surface area contributed by atoms with Gasteiger partial charge < -0.3 is 10.1 Å². The number of carbonyl (C=O) groups excluding carboxylic acids is 1. The summed E-state index contributed by atoms with van der Waals surface area (Å²) in [5, 5.41) is 3.90. The van der Waals surface area contributed by atoms with E-state index in [-0.39, 0.29) is 5.97 Å². The summed E-state index contributed by atoms with van der Waals surface area (Å²) in [6.07, 6.45) is 2.44. The van der Waals surface area contributed by atoms with Crippen LogP contribution in [0.1, 0.15) is 12.8 Å². The molecule has 0 bridgehead atoms. The maximum absolute atomic E-state index is 10.8. The van der Waals surface area contributed by atoms with Gasteiger partial charge in [-0.05, 0) is 19.4 Å². The first kappa shape index (κ1) is 9.86. The molecule has 1 unspecified atom stereocenters. The van der Waals surface area contributed by atoms with E-state index >= 15 is 0 Å². The molecule has 1 rings (SSSR count). The van der Waals surface area contributed by atoms with Gasteiger partial charge in [-0.3, -0.25) is 4.79 Å². The molecule has 12 heavy (non-hydrogen) atoms. The molecule has 1 aliphatic heterocycles. The Hall–Kier alpha value is -0.220. The summed E-state index contributed by atoms with van der Waals surface area (Å²) in [7, 11) is 1.43. The molecule has 1 atom stereocenters. The van der Waals surface area contributed by atoms with Gasteiger partial charge in [-0.25, -0.2) is 0 Å². The number of nitrogens with one attached hydrogen (secondary N) is 1. The van der Waals surface area contributed by atoms with E-state index in [9.17, 15) is 4.79 Å². The van der Waals surface area contributed by atoms with Crippen molar-refractivity contribution in [3.05, 3.63) is 0 Å². The fraction of sp³-hybridized carbons (Fsp3) is 0.875. The average Bonchev–Trinajstić information content (AvgIpc) is 2.16. The molecule has 0 spiro atoms. The van der Waals surface area contributed by atoms with Crippen molar-refractivity contribution >= 4 is 17.7 Å². The Bertz CT molecular complexity index is 146. The lowest BCUT2D eigenvalue weighted by molar-refractivity contribution is -0.137. The first-order valence-corrected chi connectivity index (χ1v) is 5.27. The van der Waals surface area contributed by atoms with Gasteiger partial charge in [0.05, 0.1) is 12.9 Å².